The molecule has 2 aromatic carbocycles. The van der Waals surface area contributed by atoms with E-state index < -0.39 is 0 Å². The highest BCUT2D eigenvalue weighted by Crippen LogP contribution is 2.35. The van der Waals surface area contributed by atoms with Gasteiger partial charge < -0.3 is 9.80 Å². The van der Waals surface area contributed by atoms with Gasteiger partial charge in [0.15, 0.2) is 0 Å². The number of nitrogens with zero attached hydrogens (tertiary/aromatic N) is 3. The van der Waals surface area contributed by atoms with E-state index in [1.165, 1.54) is 43.2 Å². The Kier molecular flexibility index (Phi) is 8.37. The summed E-state index contributed by atoms with van der Waals surface area (Å²) in [5, 5.41) is 0. The summed E-state index contributed by atoms with van der Waals surface area (Å²) in [4.78, 5) is 32.6. The van der Waals surface area contributed by atoms with Crippen molar-refractivity contribution in [2.24, 2.45) is 5.92 Å². The zero-order valence-electron chi connectivity index (χ0n) is 21.6. The van der Waals surface area contributed by atoms with Crippen LogP contribution >= 0.6 is 0 Å². The SMILES string of the molecule is O=C(CCCC(=O)N1CCCC2CCCCC21)N1CCN(C(c2ccccc2)c2ccccc2)CC1. The molecule has 192 valence electrons. The molecule has 2 unspecified atom stereocenters. The number of hydrogen-bond donors (Lipinski definition) is 0. The summed E-state index contributed by atoms with van der Waals surface area (Å²) in [6.07, 6.45) is 9.13. The average molecular weight is 488 g/mol. The third-order valence-electron chi connectivity index (χ3n) is 8.61. The molecule has 2 heterocycles. The van der Waals surface area contributed by atoms with Crippen molar-refractivity contribution in [3.05, 3.63) is 71.8 Å². The Morgan fingerprint density at radius 2 is 1.28 bits per heavy atom. The van der Waals surface area contributed by atoms with Crippen molar-refractivity contribution in [3.8, 4) is 0 Å². The number of benzene rings is 2. The molecule has 0 radical (unpaired) electrons. The molecule has 2 saturated heterocycles. The second-order valence-electron chi connectivity index (χ2n) is 10.8. The van der Waals surface area contributed by atoms with E-state index in [4.69, 9.17) is 0 Å². The summed E-state index contributed by atoms with van der Waals surface area (Å²) >= 11 is 0. The molecular weight excluding hydrogens is 446 g/mol. The van der Waals surface area contributed by atoms with Gasteiger partial charge >= 0.3 is 0 Å². The Bertz CT molecular complexity index is 946. The van der Waals surface area contributed by atoms with Gasteiger partial charge in [0, 0.05) is 51.6 Å². The molecule has 0 aromatic heterocycles. The number of hydrogen-bond acceptors (Lipinski definition) is 3. The van der Waals surface area contributed by atoms with Crippen LogP contribution in [0.25, 0.3) is 0 Å². The molecule has 3 fully saturated rings. The molecule has 2 atom stereocenters. The first-order valence-electron chi connectivity index (χ1n) is 14.1. The number of carbonyl (C=O) groups excluding carboxylic acids is 2. The fourth-order valence-electron chi connectivity index (χ4n) is 6.74. The quantitative estimate of drug-likeness (QED) is 0.534. The molecule has 0 spiro atoms. The second kappa shape index (κ2) is 12.1. The number of fused-ring (bicyclic) bond motifs is 1. The molecule has 5 heteroatoms. The Morgan fingerprint density at radius 3 is 1.94 bits per heavy atom. The highest BCUT2D eigenvalue weighted by atomic mass is 16.2. The van der Waals surface area contributed by atoms with Crippen molar-refractivity contribution in [2.75, 3.05) is 32.7 Å². The van der Waals surface area contributed by atoms with Crippen molar-refractivity contribution >= 4 is 11.8 Å². The standard InChI is InChI=1S/C31H41N3O2/c35-29(18-9-19-30(36)34-20-10-16-25-11-7-8-17-28(25)34)32-21-23-33(24-22-32)31(26-12-3-1-4-13-26)27-14-5-2-6-15-27/h1-6,12-15,25,28,31H,7-11,16-24H2. The van der Waals surface area contributed by atoms with E-state index in [0.717, 1.165) is 39.1 Å². The molecule has 1 saturated carbocycles. The minimum absolute atomic E-state index is 0.201. The third kappa shape index (κ3) is 5.83. The highest BCUT2D eigenvalue weighted by molar-refractivity contribution is 5.79. The predicted octanol–water partition coefficient (Wildman–Crippen LogP) is 5.27. The van der Waals surface area contributed by atoms with Crippen LogP contribution in [0.1, 0.15) is 75.0 Å². The molecular formula is C31H41N3O2. The van der Waals surface area contributed by atoms with Crippen LogP contribution in [-0.2, 0) is 9.59 Å². The van der Waals surface area contributed by atoms with Crippen LogP contribution in [0.5, 0.6) is 0 Å². The molecule has 2 amide bonds. The smallest absolute Gasteiger partial charge is 0.222 e. The van der Waals surface area contributed by atoms with Gasteiger partial charge in [0.25, 0.3) is 0 Å². The number of piperidine rings is 1. The Labute approximate surface area is 216 Å². The normalized spacial score (nSPS) is 22.9. The van der Waals surface area contributed by atoms with E-state index in [-0.39, 0.29) is 17.9 Å². The zero-order chi connectivity index (χ0) is 24.7. The van der Waals surface area contributed by atoms with Gasteiger partial charge in [-0.05, 0) is 49.1 Å². The van der Waals surface area contributed by atoms with E-state index in [2.05, 4.69) is 70.5 Å². The average Bonchev–Trinajstić information content (AvgIpc) is 2.94. The second-order valence-corrected chi connectivity index (χ2v) is 10.8. The van der Waals surface area contributed by atoms with E-state index >= 15 is 0 Å². The van der Waals surface area contributed by atoms with Gasteiger partial charge in [-0.2, -0.15) is 0 Å². The summed E-state index contributed by atoms with van der Waals surface area (Å²) in [6.45, 7) is 4.13. The largest absolute Gasteiger partial charge is 0.340 e. The van der Waals surface area contributed by atoms with Crippen molar-refractivity contribution in [3.63, 3.8) is 0 Å². The summed E-state index contributed by atoms with van der Waals surface area (Å²) in [6, 6.07) is 22.0. The van der Waals surface area contributed by atoms with Crippen LogP contribution in [-0.4, -0.2) is 65.3 Å². The maximum absolute atomic E-state index is 13.0. The molecule has 5 nitrogen and oxygen atoms in total. The summed E-state index contributed by atoms with van der Waals surface area (Å²) in [7, 11) is 0. The lowest BCUT2D eigenvalue weighted by Gasteiger charge is -2.44. The predicted molar refractivity (Wildman–Crippen MR) is 143 cm³/mol. The monoisotopic (exact) mass is 487 g/mol. The fraction of sp³-hybridized carbons (Fsp3) is 0.548. The van der Waals surface area contributed by atoms with Gasteiger partial charge in [-0.1, -0.05) is 73.5 Å². The lowest BCUT2D eigenvalue weighted by Crippen LogP contribution is -2.50. The minimum Gasteiger partial charge on any atom is -0.340 e. The number of piperazine rings is 1. The summed E-state index contributed by atoms with van der Waals surface area (Å²) in [5.74, 6) is 1.19. The summed E-state index contributed by atoms with van der Waals surface area (Å²) in [5.41, 5.74) is 2.58. The molecule has 2 aromatic rings. The zero-order valence-corrected chi connectivity index (χ0v) is 21.6. The summed E-state index contributed by atoms with van der Waals surface area (Å²) < 4.78 is 0. The van der Waals surface area contributed by atoms with Crippen molar-refractivity contribution < 1.29 is 9.59 Å². The number of carbonyl (C=O) groups is 2. The van der Waals surface area contributed by atoms with Crippen LogP contribution in [0.4, 0.5) is 0 Å². The first-order chi connectivity index (χ1) is 17.7. The maximum atomic E-state index is 13.0. The van der Waals surface area contributed by atoms with Crippen molar-refractivity contribution in [2.45, 2.75) is 69.9 Å². The van der Waals surface area contributed by atoms with Gasteiger partial charge in [0.2, 0.25) is 11.8 Å². The van der Waals surface area contributed by atoms with E-state index in [0.29, 0.717) is 31.2 Å². The van der Waals surface area contributed by atoms with E-state index in [1.807, 2.05) is 4.90 Å². The van der Waals surface area contributed by atoms with Crippen LogP contribution < -0.4 is 0 Å². The molecule has 1 aliphatic carbocycles. The van der Waals surface area contributed by atoms with Crippen molar-refractivity contribution in [1.29, 1.82) is 0 Å². The Morgan fingerprint density at radius 1 is 0.694 bits per heavy atom. The lowest BCUT2D eigenvalue weighted by molar-refractivity contribution is -0.138. The molecule has 5 rings (SSSR count). The molecule has 0 N–H and O–H groups in total. The molecule has 3 aliphatic rings. The fourth-order valence-corrected chi connectivity index (χ4v) is 6.74. The Hall–Kier alpha value is -2.66. The van der Waals surface area contributed by atoms with Gasteiger partial charge in [-0.3, -0.25) is 14.5 Å². The Balaban J connectivity index is 1.11. The molecule has 2 aliphatic heterocycles. The number of rotatable bonds is 7. The minimum atomic E-state index is 0.201. The van der Waals surface area contributed by atoms with Gasteiger partial charge in [-0.25, -0.2) is 0 Å². The van der Waals surface area contributed by atoms with Crippen LogP contribution in [0.2, 0.25) is 0 Å². The van der Waals surface area contributed by atoms with Crippen molar-refractivity contribution in [1.82, 2.24) is 14.7 Å². The first-order valence-corrected chi connectivity index (χ1v) is 14.1. The van der Waals surface area contributed by atoms with Crippen LogP contribution in [0.15, 0.2) is 60.7 Å². The first kappa shape index (κ1) is 25.0. The van der Waals surface area contributed by atoms with Crippen LogP contribution in [0, 0.1) is 5.92 Å². The highest BCUT2D eigenvalue weighted by Gasteiger charge is 2.35. The van der Waals surface area contributed by atoms with E-state index in [9.17, 15) is 9.59 Å². The maximum Gasteiger partial charge on any atom is 0.222 e. The number of amides is 2. The van der Waals surface area contributed by atoms with E-state index in [1.54, 1.807) is 0 Å². The molecule has 36 heavy (non-hydrogen) atoms. The number of likely N-dealkylation sites (tertiary alicyclic amines) is 1. The van der Waals surface area contributed by atoms with Gasteiger partial charge in [0.05, 0.1) is 6.04 Å². The van der Waals surface area contributed by atoms with Crippen LogP contribution in [0.3, 0.4) is 0 Å². The van der Waals surface area contributed by atoms with Gasteiger partial charge in [0.1, 0.15) is 0 Å². The lowest BCUT2D eigenvalue weighted by atomic mass is 9.78. The topological polar surface area (TPSA) is 43.9 Å². The van der Waals surface area contributed by atoms with Gasteiger partial charge in [-0.15, -0.1) is 0 Å². The molecule has 0 bridgehead atoms. The third-order valence-corrected chi connectivity index (χ3v) is 8.61.